The van der Waals surface area contributed by atoms with Crippen LogP contribution in [0.3, 0.4) is 0 Å². The predicted octanol–water partition coefficient (Wildman–Crippen LogP) is 1.98. The molecule has 0 atom stereocenters. The van der Waals surface area contributed by atoms with E-state index < -0.39 is 0 Å². The number of nitrogen functional groups attached to an aromatic ring is 1. The summed E-state index contributed by atoms with van der Waals surface area (Å²) in [4.78, 5) is 2.60. The van der Waals surface area contributed by atoms with E-state index in [2.05, 4.69) is 26.7 Å². The Bertz CT molecular complexity index is 338. The van der Waals surface area contributed by atoms with Crippen molar-refractivity contribution in [1.29, 1.82) is 0 Å². The Labute approximate surface area is 79.8 Å². The van der Waals surface area contributed by atoms with E-state index in [1.165, 1.54) is 0 Å². The molecule has 0 saturated heterocycles. The van der Waals surface area contributed by atoms with Crippen molar-refractivity contribution in [2.75, 3.05) is 12.8 Å². The van der Waals surface area contributed by atoms with Crippen LogP contribution in [0.4, 0.5) is 5.69 Å². The number of hydrogen-bond acceptors (Lipinski definition) is 2. The molecule has 1 aromatic rings. The molecule has 0 saturated carbocycles. The predicted molar refractivity (Wildman–Crippen MR) is 53.2 cm³/mol. The number of ether oxygens (including phenoxy) is 1. The van der Waals surface area contributed by atoms with Crippen molar-refractivity contribution >= 4 is 21.6 Å². The van der Waals surface area contributed by atoms with E-state index in [1.807, 2.05) is 12.1 Å². The highest BCUT2D eigenvalue weighted by Gasteiger charge is 2.01. The number of halogens is 1. The number of anilines is 1. The smallest absolute Gasteiger partial charge is 0.143 e. The molecule has 1 rings (SSSR count). The van der Waals surface area contributed by atoms with Gasteiger partial charge in [-0.2, -0.15) is 0 Å². The van der Waals surface area contributed by atoms with Crippen molar-refractivity contribution in [2.24, 2.45) is 0 Å². The number of methoxy groups -OCH3 is 1. The molecule has 0 aliphatic rings. The van der Waals surface area contributed by atoms with Gasteiger partial charge in [-0.25, -0.2) is 0 Å². The van der Waals surface area contributed by atoms with Gasteiger partial charge < -0.3 is 10.5 Å². The van der Waals surface area contributed by atoms with Crippen molar-refractivity contribution in [2.45, 2.75) is 0 Å². The van der Waals surface area contributed by atoms with E-state index in [9.17, 15) is 0 Å². The average molecular weight is 226 g/mol. The fourth-order valence-electron chi connectivity index (χ4n) is 0.882. The third kappa shape index (κ3) is 1.72. The molecular weight excluding hydrogens is 218 g/mol. The summed E-state index contributed by atoms with van der Waals surface area (Å²) in [7, 11) is 1.58. The van der Waals surface area contributed by atoms with Crippen molar-refractivity contribution in [1.82, 2.24) is 0 Å². The second-order valence-electron chi connectivity index (χ2n) is 2.14. The topological polar surface area (TPSA) is 35.2 Å². The largest absolute Gasteiger partial charge is 0.495 e. The average Bonchev–Trinajstić information content (AvgIpc) is 2.09. The molecule has 0 amide bonds. The lowest BCUT2D eigenvalue weighted by molar-refractivity contribution is 0.417. The van der Waals surface area contributed by atoms with E-state index >= 15 is 0 Å². The minimum Gasteiger partial charge on any atom is -0.495 e. The number of benzene rings is 1. The summed E-state index contributed by atoms with van der Waals surface area (Å²) in [5.41, 5.74) is 7.08. The highest BCUT2D eigenvalue weighted by molar-refractivity contribution is 9.12. The molecule has 0 radical (unpaired) electrons. The molecule has 0 aliphatic heterocycles. The SMILES string of the molecule is COc1cccc(C#CBr)c1N. The van der Waals surface area contributed by atoms with Gasteiger partial charge in [-0.05, 0) is 17.0 Å². The summed E-state index contributed by atoms with van der Waals surface area (Å²) < 4.78 is 5.02. The van der Waals surface area contributed by atoms with E-state index in [0.717, 1.165) is 5.56 Å². The molecule has 3 heteroatoms. The van der Waals surface area contributed by atoms with Crippen LogP contribution in [0.5, 0.6) is 5.75 Å². The molecule has 0 heterocycles. The van der Waals surface area contributed by atoms with Crippen molar-refractivity contribution in [3.05, 3.63) is 23.8 Å². The van der Waals surface area contributed by atoms with Crippen LogP contribution in [0, 0.1) is 10.8 Å². The lowest BCUT2D eigenvalue weighted by atomic mass is 10.2. The molecule has 2 N–H and O–H groups in total. The van der Waals surface area contributed by atoms with Gasteiger partial charge in [-0.15, -0.1) is 0 Å². The molecule has 12 heavy (non-hydrogen) atoms. The molecule has 0 bridgehead atoms. The van der Waals surface area contributed by atoms with Crippen molar-refractivity contribution < 1.29 is 4.74 Å². The van der Waals surface area contributed by atoms with Crippen LogP contribution < -0.4 is 10.5 Å². The normalized spacial score (nSPS) is 8.50. The summed E-state index contributed by atoms with van der Waals surface area (Å²) in [5.74, 6) is 3.47. The molecular formula is C9H8BrNO. The van der Waals surface area contributed by atoms with Crippen LogP contribution >= 0.6 is 15.9 Å². The summed E-state index contributed by atoms with van der Waals surface area (Å²) in [6, 6.07) is 5.49. The Balaban J connectivity index is 3.19. The molecule has 0 aromatic heterocycles. The van der Waals surface area contributed by atoms with Crippen molar-refractivity contribution in [3.8, 4) is 16.5 Å². The second-order valence-corrected chi connectivity index (χ2v) is 2.54. The first kappa shape index (κ1) is 8.95. The van der Waals surface area contributed by atoms with Gasteiger partial charge in [-0.1, -0.05) is 12.0 Å². The van der Waals surface area contributed by atoms with Crippen LogP contribution in [-0.4, -0.2) is 7.11 Å². The van der Waals surface area contributed by atoms with E-state index in [-0.39, 0.29) is 0 Å². The minimum atomic E-state index is 0.576. The van der Waals surface area contributed by atoms with Crippen LogP contribution in [0.25, 0.3) is 0 Å². The maximum absolute atomic E-state index is 5.73. The Morgan fingerprint density at radius 1 is 1.50 bits per heavy atom. The van der Waals surface area contributed by atoms with Gasteiger partial charge in [0.15, 0.2) is 0 Å². The standard InChI is InChI=1S/C9H8BrNO/c1-12-8-4-2-3-7(5-6-10)9(8)11/h2-4H,11H2,1H3. The maximum atomic E-state index is 5.73. The maximum Gasteiger partial charge on any atom is 0.143 e. The molecule has 62 valence electrons. The first-order chi connectivity index (χ1) is 5.79. The van der Waals surface area contributed by atoms with Gasteiger partial charge in [-0.3, -0.25) is 0 Å². The van der Waals surface area contributed by atoms with Crippen LogP contribution in [0.1, 0.15) is 5.56 Å². The fraction of sp³-hybridized carbons (Fsp3) is 0.111. The lowest BCUT2D eigenvalue weighted by Crippen LogP contribution is -1.94. The quantitative estimate of drug-likeness (QED) is 0.587. The van der Waals surface area contributed by atoms with E-state index in [0.29, 0.717) is 11.4 Å². The highest BCUT2D eigenvalue weighted by atomic mass is 79.9. The van der Waals surface area contributed by atoms with Crippen molar-refractivity contribution in [3.63, 3.8) is 0 Å². The summed E-state index contributed by atoms with van der Waals surface area (Å²) in [5, 5.41) is 0. The van der Waals surface area contributed by atoms with Gasteiger partial charge in [0.1, 0.15) is 5.75 Å². The number of rotatable bonds is 1. The second kappa shape index (κ2) is 4.03. The van der Waals surface area contributed by atoms with Crippen LogP contribution in [0.2, 0.25) is 0 Å². The van der Waals surface area contributed by atoms with Crippen LogP contribution in [-0.2, 0) is 0 Å². The van der Waals surface area contributed by atoms with Gasteiger partial charge in [0, 0.05) is 15.9 Å². The summed E-state index contributed by atoms with van der Waals surface area (Å²) >= 11 is 3.01. The molecule has 1 aromatic carbocycles. The highest BCUT2D eigenvalue weighted by Crippen LogP contribution is 2.23. The zero-order chi connectivity index (χ0) is 8.97. The number of nitrogens with two attached hydrogens (primary N) is 1. The number of para-hydroxylation sites is 1. The van der Waals surface area contributed by atoms with Gasteiger partial charge in [0.05, 0.1) is 18.4 Å². The Morgan fingerprint density at radius 3 is 2.83 bits per heavy atom. The molecule has 2 nitrogen and oxygen atoms in total. The summed E-state index contributed by atoms with van der Waals surface area (Å²) in [6.07, 6.45) is 0. The third-order valence-corrected chi connectivity index (χ3v) is 1.67. The summed E-state index contributed by atoms with van der Waals surface area (Å²) in [6.45, 7) is 0. The van der Waals surface area contributed by atoms with Gasteiger partial charge in [0.25, 0.3) is 0 Å². The lowest BCUT2D eigenvalue weighted by Gasteiger charge is -2.04. The Kier molecular flexibility index (Phi) is 3.01. The minimum absolute atomic E-state index is 0.576. The Hall–Kier alpha value is -1.14. The molecule has 0 fully saturated rings. The fourth-order valence-corrected chi connectivity index (χ4v) is 1.10. The monoisotopic (exact) mass is 225 g/mol. The zero-order valence-electron chi connectivity index (χ0n) is 6.60. The van der Waals surface area contributed by atoms with Gasteiger partial charge >= 0.3 is 0 Å². The molecule has 0 unspecified atom stereocenters. The van der Waals surface area contributed by atoms with E-state index in [1.54, 1.807) is 13.2 Å². The molecule has 0 aliphatic carbocycles. The zero-order valence-corrected chi connectivity index (χ0v) is 8.18. The first-order valence-corrected chi connectivity index (χ1v) is 4.13. The number of hydrogen-bond donors (Lipinski definition) is 1. The third-order valence-electron chi connectivity index (χ3n) is 1.47. The molecule has 0 spiro atoms. The van der Waals surface area contributed by atoms with E-state index in [4.69, 9.17) is 10.5 Å². The van der Waals surface area contributed by atoms with Gasteiger partial charge in [0.2, 0.25) is 0 Å². The first-order valence-electron chi connectivity index (χ1n) is 3.33. The van der Waals surface area contributed by atoms with Crippen LogP contribution in [0.15, 0.2) is 18.2 Å². The Morgan fingerprint density at radius 2 is 2.25 bits per heavy atom.